The Bertz CT molecular complexity index is 1180. The highest BCUT2D eigenvalue weighted by Crippen LogP contribution is 2.40. The van der Waals surface area contributed by atoms with Gasteiger partial charge in [-0.3, -0.25) is 4.79 Å². The van der Waals surface area contributed by atoms with E-state index in [-0.39, 0.29) is 23.3 Å². The molecule has 2 aliphatic rings. The molecule has 1 aliphatic carbocycles. The van der Waals surface area contributed by atoms with Crippen LogP contribution in [0.3, 0.4) is 0 Å². The van der Waals surface area contributed by atoms with Gasteiger partial charge in [-0.1, -0.05) is 24.3 Å². The first-order valence-electron chi connectivity index (χ1n) is 11.2. The van der Waals surface area contributed by atoms with Gasteiger partial charge in [-0.15, -0.1) is 0 Å². The van der Waals surface area contributed by atoms with E-state index < -0.39 is 17.8 Å². The summed E-state index contributed by atoms with van der Waals surface area (Å²) in [6.45, 7) is 4.71. The van der Waals surface area contributed by atoms with Crippen molar-refractivity contribution in [2.75, 3.05) is 39.4 Å². The topological polar surface area (TPSA) is 73.0 Å². The number of hydrogen-bond donors (Lipinski definition) is 2. The van der Waals surface area contributed by atoms with Gasteiger partial charge in [-0.2, -0.15) is 18.3 Å². The average molecular weight is 460 g/mol. The molecule has 33 heavy (non-hydrogen) atoms. The molecule has 2 aromatic heterocycles. The van der Waals surface area contributed by atoms with Crippen LogP contribution < -0.4 is 10.2 Å². The van der Waals surface area contributed by atoms with Crippen LogP contribution in [0.15, 0.2) is 30.3 Å². The number of alkyl halides is 3. The van der Waals surface area contributed by atoms with Crippen LogP contribution in [0.1, 0.15) is 33.7 Å². The van der Waals surface area contributed by atoms with E-state index >= 15 is 0 Å². The van der Waals surface area contributed by atoms with E-state index in [1.54, 1.807) is 12.1 Å². The van der Waals surface area contributed by atoms with Gasteiger partial charge in [0.2, 0.25) is 0 Å². The van der Waals surface area contributed by atoms with Crippen molar-refractivity contribution in [2.45, 2.75) is 25.4 Å². The highest BCUT2D eigenvalue weighted by atomic mass is 19.4. The number of rotatable bonds is 5. The van der Waals surface area contributed by atoms with Crippen LogP contribution in [0.5, 0.6) is 0 Å². The number of morpholine rings is 1. The Morgan fingerprint density at radius 1 is 1.18 bits per heavy atom. The lowest BCUT2D eigenvalue weighted by molar-refractivity contribution is -0.908. The predicted octanol–water partition coefficient (Wildman–Crippen LogP) is 1.55. The Kier molecular flexibility index (Phi) is 5.79. The van der Waals surface area contributed by atoms with Crippen molar-refractivity contribution < 1.29 is 27.6 Å². The summed E-state index contributed by atoms with van der Waals surface area (Å²) in [4.78, 5) is 18.5. The summed E-state index contributed by atoms with van der Waals surface area (Å²) in [5, 5.41) is 6.79. The standard InChI is InChI=1S/C23H24F3N5O2/c24-23(25,26)21-17-7-6-15-4-1-2-5-16(15)20(17)28-19-14-18(29-31(19)21)22(32)27-8-3-9-30-10-12-33-13-11-30/h1-2,4-5,14H,3,6-13H2,(H,27,32)/p+1. The van der Waals surface area contributed by atoms with Crippen LogP contribution in [-0.2, 0) is 23.8 Å². The lowest BCUT2D eigenvalue weighted by Crippen LogP contribution is -3.14. The van der Waals surface area contributed by atoms with Gasteiger partial charge in [-0.25, -0.2) is 9.50 Å². The molecular formula is C23H25F3N5O2+. The Balaban J connectivity index is 1.41. The smallest absolute Gasteiger partial charge is 0.370 e. The number of ether oxygens (including phenoxy) is 1. The number of nitrogens with zero attached hydrogens (tertiary/aromatic N) is 3. The third kappa shape index (κ3) is 4.32. The Hall–Kier alpha value is -2.98. The number of carbonyl (C=O) groups is 1. The van der Waals surface area contributed by atoms with Crippen molar-refractivity contribution in [1.29, 1.82) is 0 Å². The molecule has 0 atom stereocenters. The second-order valence-corrected chi connectivity index (χ2v) is 8.46. The fraction of sp³-hybridized carbons (Fsp3) is 0.435. The van der Waals surface area contributed by atoms with Gasteiger partial charge in [0.25, 0.3) is 5.91 Å². The number of nitrogens with one attached hydrogen (secondary N) is 2. The zero-order chi connectivity index (χ0) is 23.0. The van der Waals surface area contributed by atoms with E-state index in [2.05, 4.69) is 15.4 Å². The number of carbonyl (C=O) groups excluding carboxylic acids is 1. The number of hydrogen-bond acceptors (Lipinski definition) is 4. The second-order valence-electron chi connectivity index (χ2n) is 8.46. The lowest BCUT2D eigenvalue weighted by Gasteiger charge is -2.23. The maximum atomic E-state index is 14.1. The second kappa shape index (κ2) is 8.75. The minimum atomic E-state index is -4.63. The molecule has 10 heteroatoms. The Morgan fingerprint density at radius 3 is 2.76 bits per heavy atom. The summed E-state index contributed by atoms with van der Waals surface area (Å²) < 4.78 is 48.5. The molecule has 0 spiro atoms. The summed E-state index contributed by atoms with van der Waals surface area (Å²) in [6.07, 6.45) is -3.14. The van der Waals surface area contributed by atoms with E-state index in [4.69, 9.17) is 4.74 Å². The number of amides is 1. The number of halogens is 3. The van der Waals surface area contributed by atoms with Gasteiger partial charge < -0.3 is 15.0 Å². The van der Waals surface area contributed by atoms with Crippen molar-refractivity contribution in [3.8, 4) is 11.3 Å². The molecule has 0 unspecified atom stereocenters. The van der Waals surface area contributed by atoms with Crippen LogP contribution >= 0.6 is 0 Å². The first-order valence-corrected chi connectivity index (χ1v) is 11.2. The van der Waals surface area contributed by atoms with Gasteiger partial charge in [0.1, 0.15) is 13.1 Å². The van der Waals surface area contributed by atoms with Gasteiger partial charge in [0.05, 0.1) is 25.5 Å². The SMILES string of the molecule is O=C(NCCC[NH+]1CCOCC1)c1cc2nc3c(c(C(F)(F)F)n2n1)CCc1ccccc1-3. The molecule has 0 saturated carbocycles. The monoisotopic (exact) mass is 460 g/mol. The van der Waals surface area contributed by atoms with Crippen LogP contribution in [0.25, 0.3) is 16.9 Å². The molecule has 1 aromatic carbocycles. The number of fused-ring (bicyclic) bond motifs is 4. The molecule has 1 saturated heterocycles. The van der Waals surface area contributed by atoms with Crippen molar-refractivity contribution in [3.63, 3.8) is 0 Å². The fourth-order valence-electron chi connectivity index (χ4n) is 4.67. The molecule has 1 aliphatic heterocycles. The normalized spacial score (nSPS) is 16.5. The fourth-order valence-corrected chi connectivity index (χ4v) is 4.67. The average Bonchev–Trinajstić information content (AvgIpc) is 3.23. The number of quaternary nitrogens is 1. The third-order valence-corrected chi connectivity index (χ3v) is 6.31. The van der Waals surface area contributed by atoms with E-state index in [9.17, 15) is 18.0 Å². The molecule has 7 nitrogen and oxygen atoms in total. The molecule has 1 amide bonds. The quantitative estimate of drug-likeness (QED) is 0.567. The molecule has 2 N–H and O–H groups in total. The molecule has 174 valence electrons. The number of aryl methyl sites for hydroxylation is 1. The Morgan fingerprint density at radius 2 is 1.97 bits per heavy atom. The van der Waals surface area contributed by atoms with Gasteiger partial charge >= 0.3 is 6.18 Å². The summed E-state index contributed by atoms with van der Waals surface area (Å²) in [5.74, 6) is -0.496. The maximum absolute atomic E-state index is 14.1. The van der Waals surface area contributed by atoms with Crippen LogP contribution in [-0.4, -0.2) is 59.9 Å². The zero-order valence-electron chi connectivity index (χ0n) is 18.0. The molecule has 3 aromatic rings. The largest absolute Gasteiger partial charge is 0.433 e. The van der Waals surface area contributed by atoms with Crippen molar-refractivity contribution in [2.24, 2.45) is 0 Å². The molecule has 0 radical (unpaired) electrons. The third-order valence-electron chi connectivity index (χ3n) is 6.31. The van der Waals surface area contributed by atoms with Crippen molar-refractivity contribution in [1.82, 2.24) is 19.9 Å². The number of benzene rings is 1. The van der Waals surface area contributed by atoms with E-state index in [1.807, 2.05) is 12.1 Å². The van der Waals surface area contributed by atoms with Crippen molar-refractivity contribution in [3.05, 3.63) is 52.8 Å². The van der Waals surface area contributed by atoms with E-state index in [1.165, 1.54) is 11.0 Å². The molecule has 3 heterocycles. The summed E-state index contributed by atoms with van der Waals surface area (Å²) >= 11 is 0. The summed E-state index contributed by atoms with van der Waals surface area (Å²) in [5.41, 5.74) is 1.20. The van der Waals surface area contributed by atoms with Gasteiger partial charge in [0, 0.05) is 30.2 Å². The summed E-state index contributed by atoms with van der Waals surface area (Å²) in [7, 11) is 0. The Labute approximate surface area is 188 Å². The summed E-state index contributed by atoms with van der Waals surface area (Å²) in [6, 6.07) is 8.69. The molecule has 0 bridgehead atoms. The van der Waals surface area contributed by atoms with E-state index in [0.29, 0.717) is 24.2 Å². The van der Waals surface area contributed by atoms with E-state index in [0.717, 1.165) is 49.3 Å². The van der Waals surface area contributed by atoms with Gasteiger partial charge in [0.15, 0.2) is 17.0 Å². The van der Waals surface area contributed by atoms with Crippen LogP contribution in [0, 0.1) is 0 Å². The minimum absolute atomic E-state index is 0.0145. The lowest BCUT2D eigenvalue weighted by atomic mass is 9.88. The minimum Gasteiger partial charge on any atom is -0.370 e. The maximum Gasteiger partial charge on any atom is 0.433 e. The molecule has 1 fully saturated rings. The van der Waals surface area contributed by atoms with Gasteiger partial charge in [-0.05, 0) is 18.4 Å². The molecule has 5 rings (SSSR count). The van der Waals surface area contributed by atoms with Crippen LogP contribution in [0.4, 0.5) is 13.2 Å². The zero-order valence-corrected chi connectivity index (χ0v) is 18.0. The van der Waals surface area contributed by atoms with Crippen LogP contribution in [0.2, 0.25) is 0 Å². The van der Waals surface area contributed by atoms with Crippen molar-refractivity contribution >= 4 is 11.6 Å². The first-order chi connectivity index (χ1) is 15.9. The predicted molar refractivity (Wildman–Crippen MR) is 114 cm³/mol. The molecular weight excluding hydrogens is 435 g/mol. The highest BCUT2D eigenvalue weighted by molar-refractivity contribution is 5.93. The first kappa shape index (κ1) is 21.8. The highest BCUT2D eigenvalue weighted by Gasteiger charge is 2.40. The number of aromatic nitrogens is 3.